The second-order valence-electron chi connectivity index (χ2n) is 5.44. The molecule has 0 heterocycles. The molecule has 3 heteroatoms. The molecule has 3 atom stereocenters. The monoisotopic (exact) mass is 212 g/mol. The number of thiocarbonyl (C=S) groups is 1. The second kappa shape index (κ2) is 3.37. The summed E-state index contributed by atoms with van der Waals surface area (Å²) in [6, 6.07) is 0. The summed E-state index contributed by atoms with van der Waals surface area (Å²) in [5, 5.41) is 3.57. The quantitative estimate of drug-likeness (QED) is 0.687. The Morgan fingerprint density at radius 1 is 1.50 bits per heavy atom. The van der Waals surface area contributed by atoms with Crippen LogP contribution in [0.15, 0.2) is 0 Å². The van der Waals surface area contributed by atoms with Gasteiger partial charge in [0.25, 0.3) is 0 Å². The van der Waals surface area contributed by atoms with Crippen molar-refractivity contribution >= 4 is 17.3 Å². The molecule has 3 aliphatic carbocycles. The molecular formula is C11H20N2S. The minimum atomic E-state index is 0.448. The molecule has 0 saturated heterocycles. The lowest BCUT2D eigenvalue weighted by atomic mass is 9.45. The number of rotatable bonds is 2. The summed E-state index contributed by atoms with van der Waals surface area (Å²) in [5.41, 5.74) is 6.03. The number of nitrogens with one attached hydrogen (secondary N) is 1. The van der Waals surface area contributed by atoms with Crippen LogP contribution in [0, 0.1) is 23.2 Å². The largest absolute Gasteiger partial charge is 0.376 e. The van der Waals surface area contributed by atoms with Crippen molar-refractivity contribution < 1.29 is 0 Å². The molecule has 14 heavy (non-hydrogen) atoms. The van der Waals surface area contributed by atoms with Crippen LogP contribution in [0.1, 0.15) is 33.1 Å². The van der Waals surface area contributed by atoms with Gasteiger partial charge in [-0.2, -0.15) is 0 Å². The molecule has 3 fully saturated rings. The highest BCUT2D eigenvalue weighted by Gasteiger charge is 2.53. The lowest BCUT2D eigenvalue weighted by Crippen LogP contribution is -2.54. The standard InChI is InChI=1S/C11H20N2S/c1-11(2)8-4-3-7(9(11)5-8)6-13-10(12)14/h7-9H,3-6H2,1-2H3,(H3,12,13,14). The molecule has 3 rings (SSSR count). The maximum absolute atomic E-state index is 5.46. The van der Waals surface area contributed by atoms with Crippen molar-refractivity contribution in [3.63, 3.8) is 0 Å². The number of hydrogen-bond acceptors (Lipinski definition) is 1. The topological polar surface area (TPSA) is 38.0 Å². The molecule has 3 aliphatic rings. The van der Waals surface area contributed by atoms with Gasteiger partial charge in [0.1, 0.15) is 0 Å². The highest BCUT2D eigenvalue weighted by Crippen LogP contribution is 2.61. The van der Waals surface area contributed by atoms with Crippen LogP contribution in [0.25, 0.3) is 0 Å². The summed E-state index contributed by atoms with van der Waals surface area (Å²) in [7, 11) is 0. The van der Waals surface area contributed by atoms with Crippen LogP contribution < -0.4 is 11.1 Å². The lowest BCUT2D eigenvalue weighted by molar-refractivity contribution is -0.102. The van der Waals surface area contributed by atoms with Gasteiger partial charge in [0.2, 0.25) is 0 Å². The molecule has 0 spiro atoms. The van der Waals surface area contributed by atoms with E-state index in [-0.39, 0.29) is 0 Å². The van der Waals surface area contributed by atoms with Crippen LogP contribution in [-0.4, -0.2) is 11.7 Å². The van der Waals surface area contributed by atoms with Crippen molar-refractivity contribution in [2.24, 2.45) is 28.9 Å². The molecule has 0 amide bonds. The first kappa shape index (κ1) is 10.2. The zero-order valence-electron chi connectivity index (χ0n) is 9.05. The molecule has 3 N–H and O–H groups in total. The van der Waals surface area contributed by atoms with E-state index in [1.165, 1.54) is 19.3 Å². The molecule has 3 unspecified atom stereocenters. The van der Waals surface area contributed by atoms with Crippen molar-refractivity contribution in [3.8, 4) is 0 Å². The Bertz CT molecular complexity index is 248. The van der Waals surface area contributed by atoms with Gasteiger partial charge in [-0.3, -0.25) is 0 Å². The van der Waals surface area contributed by atoms with Gasteiger partial charge in [0.05, 0.1) is 0 Å². The van der Waals surface area contributed by atoms with E-state index in [1.807, 2.05) is 0 Å². The van der Waals surface area contributed by atoms with E-state index in [0.29, 0.717) is 10.5 Å². The number of hydrogen-bond donors (Lipinski definition) is 2. The highest BCUT2D eigenvalue weighted by molar-refractivity contribution is 7.80. The third kappa shape index (κ3) is 1.52. The van der Waals surface area contributed by atoms with Crippen molar-refractivity contribution in [2.45, 2.75) is 33.1 Å². The number of fused-ring (bicyclic) bond motifs is 2. The van der Waals surface area contributed by atoms with E-state index < -0.39 is 0 Å². The maximum Gasteiger partial charge on any atom is 0.163 e. The van der Waals surface area contributed by atoms with Gasteiger partial charge in [-0.15, -0.1) is 0 Å². The molecule has 0 aromatic carbocycles. The van der Waals surface area contributed by atoms with Crippen LogP contribution >= 0.6 is 12.2 Å². The van der Waals surface area contributed by atoms with Crippen LogP contribution in [0.4, 0.5) is 0 Å². The molecule has 0 aromatic rings. The Hall–Kier alpha value is -0.310. The van der Waals surface area contributed by atoms with Crippen LogP contribution in [0.2, 0.25) is 0 Å². The summed E-state index contributed by atoms with van der Waals surface area (Å²) >= 11 is 4.84. The summed E-state index contributed by atoms with van der Waals surface area (Å²) in [6.45, 7) is 5.81. The SMILES string of the molecule is CC1(C)C2CCC(CNC(N)=S)C1C2. The van der Waals surface area contributed by atoms with E-state index in [0.717, 1.165) is 24.3 Å². The van der Waals surface area contributed by atoms with E-state index in [2.05, 4.69) is 19.2 Å². The summed E-state index contributed by atoms with van der Waals surface area (Å²) < 4.78 is 0. The van der Waals surface area contributed by atoms with Crippen molar-refractivity contribution in [1.29, 1.82) is 0 Å². The summed E-state index contributed by atoms with van der Waals surface area (Å²) in [6.07, 6.45) is 4.18. The lowest BCUT2D eigenvalue weighted by Gasteiger charge is -2.60. The van der Waals surface area contributed by atoms with Gasteiger partial charge in [0, 0.05) is 6.54 Å². The Balaban J connectivity index is 1.91. The minimum Gasteiger partial charge on any atom is -0.376 e. The van der Waals surface area contributed by atoms with Crippen molar-refractivity contribution in [1.82, 2.24) is 5.32 Å². The smallest absolute Gasteiger partial charge is 0.163 e. The van der Waals surface area contributed by atoms with E-state index in [4.69, 9.17) is 18.0 Å². The number of nitrogens with two attached hydrogens (primary N) is 1. The first-order chi connectivity index (χ1) is 6.51. The van der Waals surface area contributed by atoms with E-state index in [9.17, 15) is 0 Å². The van der Waals surface area contributed by atoms with E-state index in [1.54, 1.807) is 0 Å². The fraction of sp³-hybridized carbons (Fsp3) is 0.909. The normalized spacial score (nSPS) is 38.6. The zero-order valence-corrected chi connectivity index (χ0v) is 9.86. The molecule has 80 valence electrons. The van der Waals surface area contributed by atoms with Crippen molar-refractivity contribution in [3.05, 3.63) is 0 Å². The van der Waals surface area contributed by atoms with Crippen LogP contribution in [-0.2, 0) is 0 Å². The molecule has 0 radical (unpaired) electrons. The van der Waals surface area contributed by atoms with Crippen LogP contribution in [0.5, 0.6) is 0 Å². The second-order valence-corrected chi connectivity index (χ2v) is 5.88. The predicted octanol–water partition coefficient (Wildman–Crippen LogP) is 1.89. The fourth-order valence-electron chi connectivity index (χ4n) is 3.44. The Labute approximate surface area is 91.6 Å². The van der Waals surface area contributed by atoms with Gasteiger partial charge in [0.15, 0.2) is 5.11 Å². The molecule has 2 nitrogen and oxygen atoms in total. The highest BCUT2D eigenvalue weighted by atomic mass is 32.1. The first-order valence-corrected chi connectivity index (χ1v) is 5.96. The average Bonchev–Trinajstić information content (AvgIpc) is 2.14. The molecule has 2 bridgehead atoms. The van der Waals surface area contributed by atoms with Crippen molar-refractivity contribution in [2.75, 3.05) is 6.54 Å². The Morgan fingerprint density at radius 3 is 2.71 bits per heavy atom. The maximum atomic E-state index is 5.46. The summed E-state index contributed by atoms with van der Waals surface area (Å²) in [5.74, 6) is 2.66. The first-order valence-electron chi connectivity index (χ1n) is 5.55. The Kier molecular flexibility index (Phi) is 2.46. The molecule has 0 aromatic heterocycles. The fourth-order valence-corrected chi connectivity index (χ4v) is 3.52. The summed E-state index contributed by atoms with van der Waals surface area (Å²) in [4.78, 5) is 0. The van der Waals surface area contributed by atoms with Gasteiger partial charge < -0.3 is 11.1 Å². The van der Waals surface area contributed by atoms with Gasteiger partial charge in [-0.25, -0.2) is 0 Å². The third-order valence-electron chi connectivity index (χ3n) is 4.54. The third-order valence-corrected chi connectivity index (χ3v) is 4.68. The average molecular weight is 212 g/mol. The Morgan fingerprint density at radius 2 is 2.21 bits per heavy atom. The molecular weight excluding hydrogens is 192 g/mol. The molecule has 3 saturated carbocycles. The predicted molar refractivity (Wildman–Crippen MR) is 62.9 cm³/mol. The van der Waals surface area contributed by atoms with E-state index >= 15 is 0 Å². The minimum absolute atomic E-state index is 0.448. The van der Waals surface area contributed by atoms with Crippen LogP contribution in [0.3, 0.4) is 0 Å². The van der Waals surface area contributed by atoms with Gasteiger partial charge >= 0.3 is 0 Å². The van der Waals surface area contributed by atoms with Gasteiger partial charge in [-0.1, -0.05) is 13.8 Å². The molecule has 0 aliphatic heterocycles. The van der Waals surface area contributed by atoms with Gasteiger partial charge in [-0.05, 0) is 54.6 Å². The zero-order chi connectivity index (χ0) is 10.3.